The first-order valence-electron chi connectivity index (χ1n) is 21.4. The average molecular weight is 818 g/mol. The molecule has 59 heavy (non-hydrogen) atoms. The van der Waals surface area contributed by atoms with Gasteiger partial charge in [0, 0.05) is 48.1 Å². The second-order valence-electron chi connectivity index (χ2n) is 19.5. The Kier molecular flexibility index (Phi) is 10.5. The minimum atomic E-state index is -2.05. The third-order valence-corrected chi connectivity index (χ3v) is 19.7. The predicted molar refractivity (Wildman–Crippen MR) is 237 cm³/mol. The normalized spacial score (nSPS) is 20.7. The Balaban J connectivity index is 1.22. The number of nitrogens with zero attached hydrogens (tertiary/aromatic N) is 6. The lowest BCUT2D eigenvalue weighted by Gasteiger charge is -2.42. The predicted octanol–water partition coefficient (Wildman–Crippen LogP) is 9.81. The molecule has 0 radical (unpaired) electrons. The quantitative estimate of drug-likeness (QED) is 0.107. The van der Waals surface area contributed by atoms with E-state index < -0.39 is 19.5 Å². The zero-order valence-electron chi connectivity index (χ0n) is 36.3. The van der Waals surface area contributed by atoms with Crippen LogP contribution in [0, 0.1) is 17.3 Å². The van der Waals surface area contributed by atoms with Crippen molar-refractivity contribution in [1.82, 2.24) is 30.0 Å². The van der Waals surface area contributed by atoms with Gasteiger partial charge in [0.25, 0.3) is 0 Å². The van der Waals surface area contributed by atoms with E-state index in [1.165, 1.54) is 0 Å². The second kappa shape index (κ2) is 15.1. The van der Waals surface area contributed by atoms with Gasteiger partial charge < -0.3 is 14.4 Å². The van der Waals surface area contributed by atoms with Crippen LogP contribution in [0.1, 0.15) is 93.6 Å². The molecule has 4 aliphatic heterocycles. The first kappa shape index (κ1) is 41.0. The van der Waals surface area contributed by atoms with Crippen LogP contribution in [0.2, 0.25) is 16.6 Å². The summed E-state index contributed by atoms with van der Waals surface area (Å²) in [4.78, 5) is 29.7. The second-order valence-corrected chi connectivity index (χ2v) is 25.1. The van der Waals surface area contributed by atoms with Gasteiger partial charge in [-0.05, 0) is 87.3 Å². The summed E-state index contributed by atoms with van der Waals surface area (Å²) in [6, 6.07) is 9.63. The van der Waals surface area contributed by atoms with Gasteiger partial charge in [-0.25, -0.2) is 9.18 Å². The molecule has 1 N–H and O–H groups in total. The lowest BCUT2D eigenvalue weighted by molar-refractivity contribution is 0.0122. The number of aromatic nitrogens is 4. The minimum absolute atomic E-state index is 0.0672. The number of H-pyrrole nitrogens is 1. The molecule has 2 unspecified atom stereocenters. The summed E-state index contributed by atoms with van der Waals surface area (Å²) in [6.07, 6.45) is 3.01. The van der Waals surface area contributed by atoms with Crippen molar-refractivity contribution in [2.24, 2.45) is 0 Å². The average Bonchev–Trinajstić information content (AvgIpc) is 3.87. The van der Waals surface area contributed by atoms with Crippen LogP contribution in [-0.4, -0.2) is 100 Å². The first-order chi connectivity index (χ1) is 27.9. The van der Waals surface area contributed by atoms with Gasteiger partial charge in [-0.2, -0.15) is 15.1 Å². The number of halogens is 1. The summed E-state index contributed by atoms with van der Waals surface area (Å²) in [6.45, 7) is 31.1. The Bertz CT molecular complexity index is 2350. The number of anilines is 1. The molecule has 6 heterocycles. The summed E-state index contributed by atoms with van der Waals surface area (Å²) < 4.78 is 29.9. The van der Waals surface area contributed by atoms with Crippen molar-refractivity contribution in [3.8, 4) is 28.7 Å². The van der Waals surface area contributed by atoms with E-state index in [0.29, 0.717) is 58.8 Å². The van der Waals surface area contributed by atoms with Gasteiger partial charge in [0.2, 0.25) is 0 Å². The number of ether oxygens (including phenoxy) is 2. The molecule has 0 saturated carbocycles. The van der Waals surface area contributed by atoms with E-state index in [1.54, 1.807) is 6.07 Å². The van der Waals surface area contributed by atoms with Gasteiger partial charge in [0.05, 0.1) is 23.1 Å². The maximum Gasteiger partial charge on any atom is 0.410 e. The fourth-order valence-corrected chi connectivity index (χ4v) is 16.2. The Hall–Kier alpha value is -4.73. The SMILES string of the molecule is C=C1CN2CC(=C)CC2(COc2nc(N3CC4CCC(C3)N4C(=O)OC(C)(C)C)c3ccc(-c4n[nH]c5cccc(C#C[Si](C(C)C)(C(C)C)C(C)C)c45)c(F)c3n2)C1. The first-order valence-corrected chi connectivity index (χ1v) is 23.6. The fraction of sp³-hybridized carbons (Fsp3) is 0.532. The van der Waals surface area contributed by atoms with Gasteiger partial charge in [-0.15, -0.1) is 5.54 Å². The van der Waals surface area contributed by atoms with Crippen molar-refractivity contribution >= 4 is 41.8 Å². The molecule has 4 aromatic rings. The Morgan fingerprint density at radius 1 is 0.983 bits per heavy atom. The molecule has 4 saturated heterocycles. The third kappa shape index (κ3) is 7.22. The molecule has 4 fully saturated rings. The zero-order valence-corrected chi connectivity index (χ0v) is 37.3. The third-order valence-electron chi connectivity index (χ3n) is 13.4. The Labute approximate surface area is 349 Å². The Morgan fingerprint density at radius 2 is 1.63 bits per heavy atom. The van der Waals surface area contributed by atoms with Crippen molar-refractivity contribution in [3.63, 3.8) is 0 Å². The molecule has 1 amide bonds. The van der Waals surface area contributed by atoms with Crippen LogP contribution in [0.5, 0.6) is 6.01 Å². The highest BCUT2D eigenvalue weighted by atomic mass is 28.3. The zero-order chi connectivity index (χ0) is 42.2. The largest absolute Gasteiger partial charge is 0.461 e. The van der Waals surface area contributed by atoms with Crippen LogP contribution in [-0.2, 0) is 4.74 Å². The van der Waals surface area contributed by atoms with Gasteiger partial charge >= 0.3 is 12.1 Å². The molecule has 2 atom stereocenters. The van der Waals surface area contributed by atoms with Crippen molar-refractivity contribution in [3.05, 3.63) is 66.0 Å². The van der Waals surface area contributed by atoms with Gasteiger partial charge in [0.1, 0.15) is 37.3 Å². The molecule has 2 bridgehead atoms. The van der Waals surface area contributed by atoms with Gasteiger partial charge in [-0.1, -0.05) is 77.8 Å². The number of hydrogen-bond donors (Lipinski definition) is 1. The van der Waals surface area contributed by atoms with Gasteiger partial charge in [-0.3, -0.25) is 14.9 Å². The molecule has 10 nitrogen and oxygen atoms in total. The van der Waals surface area contributed by atoms with Crippen LogP contribution in [0.15, 0.2) is 54.6 Å². The van der Waals surface area contributed by atoms with E-state index in [2.05, 4.69) is 81.1 Å². The van der Waals surface area contributed by atoms with E-state index >= 15 is 4.39 Å². The maximum absolute atomic E-state index is 17.5. The molecule has 0 spiro atoms. The number of fused-ring (bicyclic) bond motifs is 5. The van der Waals surface area contributed by atoms with E-state index in [9.17, 15) is 4.79 Å². The number of piperazine rings is 1. The summed E-state index contributed by atoms with van der Waals surface area (Å²) in [5.74, 6) is 3.71. The van der Waals surface area contributed by atoms with Crippen LogP contribution < -0.4 is 9.64 Å². The monoisotopic (exact) mass is 817 g/mol. The highest BCUT2D eigenvalue weighted by molar-refractivity contribution is 6.90. The molecule has 12 heteroatoms. The van der Waals surface area contributed by atoms with E-state index in [4.69, 9.17) is 24.5 Å². The summed E-state index contributed by atoms with van der Waals surface area (Å²) in [5.41, 5.74) is 9.33. The van der Waals surface area contributed by atoms with Crippen LogP contribution in [0.25, 0.3) is 33.1 Å². The van der Waals surface area contributed by atoms with Crippen molar-refractivity contribution in [1.29, 1.82) is 0 Å². The minimum Gasteiger partial charge on any atom is -0.461 e. The van der Waals surface area contributed by atoms with Crippen molar-refractivity contribution < 1.29 is 18.7 Å². The molecule has 2 aromatic carbocycles. The standard InChI is InChI=1S/C47H60FN7O3Si/c1-28(2)59(29(3)4,30(5)6)20-19-33-13-12-14-38-39(33)41(52-51-38)36-17-18-37-42(40(36)48)49-44(57-27-47-21-31(7)23-54(47)24-32(8)22-47)50-43(37)53-25-34-15-16-35(26-53)55(34)45(56)58-46(9,10)11/h12-14,17-18,28-30,34-35H,7-8,15-16,21-27H2,1-6,9-11H3,(H,51,52). The van der Waals surface area contributed by atoms with Gasteiger partial charge in [0.15, 0.2) is 5.82 Å². The number of nitrogens with one attached hydrogen (secondary N) is 1. The number of rotatable bonds is 8. The summed E-state index contributed by atoms with van der Waals surface area (Å²) >= 11 is 0. The van der Waals surface area contributed by atoms with E-state index in [0.717, 1.165) is 66.4 Å². The number of benzene rings is 2. The number of hydrogen-bond acceptors (Lipinski definition) is 8. The number of carbonyl (C=O) groups is 1. The van der Waals surface area contributed by atoms with E-state index in [-0.39, 0.29) is 35.2 Å². The highest BCUT2D eigenvalue weighted by Crippen LogP contribution is 2.45. The lowest BCUT2D eigenvalue weighted by atomic mass is 9.92. The summed E-state index contributed by atoms with van der Waals surface area (Å²) in [7, 11) is -2.05. The molecule has 8 rings (SSSR count). The lowest BCUT2D eigenvalue weighted by Crippen LogP contribution is -2.57. The highest BCUT2D eigenvalue weighted by Gasteiger charge is 2.49. The molecule has 312 valence electrons. The van der Waals surface area contributed by atoms with Crippen LogP contribution in [0.4, 0.5) is 15.0 Å². The maximum atomic E-state index is 17.5. The molecular weight excluding hydrogens is 758 g/mol. The topological polar surface area (TPSA) is 99.7 Å². The van der Waals surface area contributed by atoms with Crippen molar-refractivity contribution in [2.75, 3.05) is 37.7 Å². The van der Waals surface area contributed by atoms with Crippen molar-refractivity contribution in [2.45, 2.75) is 128 Å². The molecule has 0 aliphatic carbocycles. The van der Waals surface area contributed by atoms with Crippen LogP contribution in [0.3, 0.4) is 0 Å². The molecule has 4 aliphatic rings. The number of aromatic amines is 1. The number of amides is 1. The Morgan fingerprint density at radius 3 is 2.24 bits per heavy atom. The molecular formula is C47H60FN7O3Si. The van der Waals surface area contributed by atoms with E-state index in [1.807, 2.05) is 49.9 Å². The number of carbonyl (C=O) groups excluding carboxylic acids is 1. The van der Waals surface area contributed by atoms with Crippen LogP contribution >= 0.6 is 0 Å². The molecule has 2 aromatic heterocycles. The summed E-state index contributed by atoms with van der Waals surface area (Å²) in [5, 5.41) is 9.25. The smallest absolute Gasteiger partial charge is 0.410 e. The fourth-order valence-electron chi connectivity index (χ4n) is 10.9.